The van der Waals surface area contributed by atoms with Gasteiger partial charge in [-0.1, -0.05) is 12.1 Å². The average molecular weight is 624 g/mol. The van der Waals surface area contributed by atoms with Crippen molar-refractivity contribution in [3.8, 4) is 11.9 Å². The number of benzene rings is 2. The van der Waals surface area contributed by atoms with Gasteiger partial charge < -0.3 is 28.4 Å². The van der Waals surface area contributed by atoms with Crippen LogP contribution in [0.1, 0.15) is 38.6 Å². The first-order valence-corrected chi connectivity index (χ1v) is 14.7. The van der Waals surface area contributed by atoms with Crippen LogP contribution >= 0.6 is 0 Å². The van der Waals surface area contributed by atoms with Crippen LogP contribution in [0.25, 0.3) is 11.0 Å². The Morgan fingerprint density at radius 3 is 2.70 bits per heavy atom. The number of halogens is 1. The van der Waals surface area contributed by atoms with Gasteiger partial charge in [-0.2, -0.15) is 15.3 Å². The molecule has 234 valence electrons. The molecule has 0 unspecified atom stereocenters. The molecule has 0 atom stereocenters. The minimum absolute atomic E-state index is 0.00584. The van der Waals surface area contributed by atoms with Crippen molar-refractivity contribution in [1.82, 2.24) is 24.3 Å². The highest BCUT2D eigenvalue weighted by molar-refractivity contribution is 5.93. The van der Waals surface area contributed by atoms with Gasteiger partial charge in [-0.3, -0.25) is 4.68 Å². The zero-order chi connectivity index (χ0) is 31.8. The van der Waals surface area contributed by atoms with Gasteiger partial charge in [0.1, 0.15) is 29.7 Å². The van der Waals surface area contributed by atoms with Crippen molar-refractivity contribution in [3.63, 3.8) is 0 Å². The number of nitrogens with zero attached hydrogens (tertiary/aromatic N) is 7. The van der Waals surface area contributed by atoms with E-state index in [2.05, 4.69) is 14.5 Å². The third-order valence-electron chi connectivity index (χ3n) is 8.38. The lowest BCUT2D eigenvalue weighted by Gasteiger charge is -2.40. The number of rotatable bonds is 10. The van der Waals surface area contributed by atoms with E-state index < -0.39 is 17.4 Å². The number of ether oxygens (including phenoxy) is 4. The fraction of sp³-hybridized carbons (Fsp3) is 0.303. The van der Waals surface area contributed by atoms with E-state index in [4.69, 9.17) is 34.3 Å². The van der Waals surface area contributed by atoms with E-state index in [-0.39, 0.29) is 12.2 Å². The zero-order valence-electron chi connectivity index (χ0n) is 25.3. The maximum Gasteiger partial charge on any atom is 0.337 e. The smallest absolute Gasteiger partial charge is 0.337 e. The van der Waals surface area contributed by atoms with Crippen LogP contribution in [0.4, 0.5) is 10.2 Å². The monoisotopic (exact) mass is 623 g/mol. The lowest BCUT2D eigenvalue weighted by molar-refractivity contribution is -0.202. The van der Waals surface area contributed by atoms with Gasteiger partial charge in [0, 0.05) is 37.0 Å². The molecule has 0 spiro atoms. The number of fused-ring (bicyclic) bond motifs is 2. The van der Waals surface area contributed by atoms with Crippen molar-refractivity contribution < 1.29 is 28.1 Å². The Balaban J connectivity index is 1.07. The number of hydrogen-bond donors (Lipinski definition) is 0. The summed E-state index contributed by atoms with van der Waals surface area (Å²) in [4.78, 5) is 23.9. The molecule has 3 aromatic heterocycles. The summed E-state index contributed by atoms with van der Waals surface area (Å²) < 4.78 is 40.3. The number of aromatic nitrogens is 5. The summed E-state index contributed by atoms with van der Waals surface area (Å²) in [6.07, 6.45) is 2.02. The van der Waals surface area contributed by atoms with Gasteiger partial charge in [0.25, 0.3) is 0 Å². The Bertz CT molecular complexity index is 1970. The molecule has 0 N–H and O–H groups in total. The highest BCUT2D eigenvalue weighted by atomic mass is 19.1. The van der Waals surface area contributed by atoms with E-state index in [9.17, 15) is 9.18 Å². The number of carbonyl (C=O) groups is 1. The quantitative estimate of drug-likeness (QED) is 0.211. The second-order valence-corrected chi connectivity index (χ2v) is 11.4. The van der Waals surface area contributed by atoms with Gasteiger partial charge in [-0.05, 0) is 36.4 Å². The zero-order valence-corrected chi connectivity index (χ0v) is 25.3. The molecule has 5 heterocycles. The summed E-state index contributed by atoms with van der Waals surface area (Å²) in [6.45, 7) is 3.04. The molecule has 7 rings (SSSR count). The molecule has 46 heavy (non-hydrogen) atoms. The molecule has 12 nitrogen and oxygen atoms in total. The Kier molecular flexibility index (Phi) is 7.59. The van der Waals surface area contributed by atoms with E-state index in [0.29, 0.717) is 56.4 Å². The maximum absolute atomic E-state index is 14.3. The van der Waals surface area contributed by atoms with E-state index >= 15 is 0 Å². The van der Waals surface area contributed by atoms with Gasteiger partial charge in [0.05, 0.1) is 73.9 Å². The lowest BCUT2D eigenvalue weighted by Crippen LogP contribution is -2.54. The van der Waals surface area contributed by atoms with Crippen LogP contribution < -0.4 is 9.64 Å². The molecule has 2 aliphatic heterocycles. The largest absolute Gasteiger partial charge is 0.473 e. The number of carbonyl (C=O) groups excluding carboxylic acids is 1. The van der Waals surface area contributed by atoms with Crippen LogP contribution in [0.15, 0.2) is 60.8 Å². The average Bonchev–Trinajstić information content (AvgIpc) is 3.73. The number of anilines is 1. The third kappa shape index (κ3) is 5.53. The fourth-order valence-corrected chi connectivity index (χ4v) is 5.75. The van der Waals surface area contributed by atoms with Crippen molar-refractivity contribution in [1.29, 1.82) is 5.26 Å². The second-order valence-electron chi connectivity index (χ2n) is 11.4. The topological polar surface area (TPSA) is 130 Å². The normalized spacial score (nSPS) is 15.0. The summed E-state index contributed by atoms with van der Waals surface area (Å²) in [6, 6.07) is 17.0. The molecule has 5 aromatic rings. The number of methoxy groups -OCH3 is 2. The SMILES string of the molecule is COC(=O)c1ccc2nc(Cn3cc4c(n3)CN(c3cccc(OCc5ccc(C#N)cc5F)n3)C4)n(CC3(OC)COC3)c2c1. The maximum atomic E-state index is 14.3. The molecule has 0 bridgehead atoms. The van der Waals surface area contributed by atoms with Crippen LogP contribution in [0.3, 0.4) is 0 Å². The van der Waals surface area contributed by atoms with Crippen molar-refractivity contribution >= 4 is 22.8 Å². The van der Waals surface area contributed by atoms with E-state index in [1.54, 1.807) is 37.4 Å². The van der Waals surface area contributed by atoms with Gasteiger partial charge >= 0.3 is 5.97 Å². The van der Waals surface area contributed by atoms with Crippen molar-refractivity contribution in [2.45, 2.75) is 38.4 Å². The molecular weight excluding hydrogens is 593 g/mol. The molecule has 0 amide bonds. The first-order valence-electron chi connectivity index (χ1n) is 14.7. The van der Waals surface area contributed by atoms with Crippen LogP contribution in [0, 0.1) is 17.1 Å². The van der Waals surface area contributed by atoms with Crippen molar-refractivity contribution in [2.75, 3.05) is 32.3 Å². The number of hydrogen-bond acceptors (Lipinski definition) is 10. The predicted molar refractivity (Wildman–Crippen MR) is 163 cm³/mol. The molecule has 0 saturated carbocycles. The third-order valence-corrected chi connectivity index (χ3v) is 8.38. The van der Waals surface area contributed by atoms with Crippen LogP contribution in [-0.2, 0) is 47.0 Å². The Morgan fingerprint density at radius 2 is 1.98 bits per heavy atom. The summed E-state index contributed by atoms with van der Waals surface area (Å²) in [5, 5.41) is 13.8. The molecular formula is C33H30FN7O5. The van der Waals surface area contributed by atoms with E-state index in [1.807, 2.05) is 35.1 Å². The molecule has 13 heteroatoms. The first-order chi connectivity index (χ1) is 22.4. The number of nitriles is 1. The summed E-state index contributed by atoms with van der Waals surface area (Å²) in [5.74, 6) is 0.968. The van der Waals surface area contributed by atoms with Gasteiger partial charge in [-0.25, -0.2) is 14.2 Å². The van der Waals surface area contributed by atoms with E-state index in [1.165, 1.54) is 13.2 Å². The number of esters is 1. The van der Waals surface area contributed by atoms with Crippen LogP contribution in [0.5, 0.6) is 5.88 Å². The Hall–Kier alpha value is -5.32. The molecule has 1 fully saturated rings. The second kappa shape index (κ2) is 11.9. The van der Waals surface area contributed by atoms with Crippen molar-refractivity contribution in [3.05, 3.63) is 100 Å². The van der Waals surface area contributed by atoms with E-state index in [0.717, 1.165) is 33.9 Å². The highest BCUT2D eigenvalue weighted by Crippen LogP contribution is 2.30. The summed E-state index contributed by atoms with van der Waals surface area (Å²) in [7, 11) is 3.04. The first kappa shape index (κ1) is 29.4. The molecule has 2 aliphatic rings. The molecule has 0 aliphatic carbocycles. The van der Waals surface area contributed by atoms with Crippen LogP contribution in [-0.4, -0.2) is 63.3 Å². The summed E-state index contributed by atoms with van der Waals surface area (Å²) in [5.41, 5.74) is 4.15. The van der Waals surface area contributed by atoms with Crippen molar-refractivity contribution in [2.24, 2.45) is 0 Å². The highest BCUT2D eigenvalue weighted by Gasteiger charge is 2.40. The predicted octanol–water partition coefficient (Wildman–Crippen LogP) is 3.99. The summed E-state index contributed by atoms with van der Waals surface area (Å²) >= 11 is 0. The number of imidazole rings is 1. The molecule has 1 saturated heterocycles. The molecule has 0 radical (unpaired) electrons. The minimum atomic E-state index is -0.492. The van der Waals surface area contributed by atoms with Gasteiger partial charge in [-0.15, -0.1) is 0 Å². The lowest BCUT2D eigenvalue weighted by atomic mass is 10.0. The Morgan fingerprint density at radius 1 is 1.11 bits per heavy atom. The Labute approximate surface area is 263 Å². The minimum Gasteiger partial charge on any atom is -0.473 e. The molecule has 2 aromatic carbocycles. The van der Waals surface area contributed by atoms with Gasteiger partial charge in [0.15, 0.2) is 0 Å². The van der Waals surface area contributed by atoms with Crippen LogP contribution in [0.2, 0.25) is 0 Å². The fourth-order valence-electron chi connectivity index (χ4n) is 5.75. The van der Waals surface area contributed by atoms with Gasteiger partial charge in [0.2, 0.25) is 5.88 Å². The standard InChI is InChI=1S/C33H30FN7O5/c1-43-32(42)22-8-9-26-28(11-22)41(18-33(44-2)19-45-20-33)30(36-26)16-40-14-24-13-39(15-27(24)38-40)29-4-3-5-31(37-29)46-17-23-7-6-21(12-35)10-25(23)34/h3-11,14H,13,15-20H2,1-2H3. The number of pyridine rings is 1.